The van der Waals surface area contributed by atoms with Crippen molar-refractivity contribution >= 4 is 5.78 Å². The Hall–Kier alpha value is -3.25. The average Bonchev–Trinajstić information content (AvgIpc) is 3.20. The molecule has 1 heterocycles. The van der Waals surface area contributed by atoms with Crippen molar-refractivity contribution in [3.8, 4) is 17.6 Å². The summed E-state index contributed by atoms with van der Waals surface area (Å²) in [4.78, 5) is 11.2. The summed E-state index contributed by atoms with van der Waals surface area (Å²) in [5.74, 6) is 7.78. The Balaban J connectivity index is 1.54. The molecule has 1 unspecified atom stereocenters. The number of benzene rings is 2. The molecule has 0 spiro atoms. The van der Waals surface area contributed by atoms with Crippen LogP contribution in [0.1, 0.15) is 42.5 Å². The Morgan fingerprint density at radius 2 is 1.61 bits per heavy atom. The van der Waals surface area contributed by atoms with Crippen LogP contribution in [0, 0.1) is 17.8 Å². The molecule has 3 aromatic rings. The fourth-order valence-electron chi connectivity index (χ4n) is 3.01. The number of carbonyl (C=O) groups excluding carboxylic acids is 1. The number of ketones is 1. The Morgan fingerprint density at radius 3 is 2.18 bits per heavy atom. The van der Waals surface area contributed by atoms with E-state index in [0.717, 1.165) is 28.9 Å². The number of carbonyl (C=O) groups is 1. The largest absolute Gasteiger partial charge is 0.489 e. The fraction of sp³-hybridized carbons (Fsp3) is 0.240. The highest BCUT2D eigenvalue weighted by Gasteiger charge is 2.06. The van der Waals surface area contributed by atoms with Crippen molar-refractivity contribution in [2.45, 2.75) is 33.3 Å². The van der Waals surface area contributed by atoms with Crippen LogP contribution in [0.5, 0.6) is 5.75 Å². The first-order valence-electron chi connectivity index (χ1n) is 9.43. The van der Waals surface area contributed by atoms with E-state index in [1.54, 1.807) is 19.5 Å². The van der Waals surface area contributed by atoms with E-state index in [4.69, 9.17) is 9.15 Å². The van der Waals surface area contributed by atoms with Crippen LogP contribution in [0.2, 0.25) is 0 Å². The summed E-state index contributed by atoms with van der Waals surface area (Å²) in [6.45, 7) is 4.24. The molecule has 0 aliphatic heterocycles. The lowest BCUT2D eigenvalue weighted by molar-refractivity contribution is -0.117. The van der Waals surface area contributed by atoms with Gasteiger partial charge in [-0.05, 0) is 67.3 Å². The summed E-state index contributed by atoms with van der Waals surface area (Å²) in [5, 5.41) is 0. The minimum absolute atomic E-state index is 0.243. The highest BCUT2D eigenvalue weighted by molar-refractivity contribution is 5.75. The standard InChI is InChI=1S/C25H24O3/c1-19(15-20(2)26)16-23-7-5-21(6-8-23)3-4-22-9-11-25(12-10-22)28-18-24-13-14-27-17-24/h5-14,17,19H,15-16,18H2,1-2H3. The lowest BCUT2D eigenvalue weighted by atomic mass is 9.96. The van der Waals surface area contributed by atoms with Crippen LogP contribution in [0.4, 0.5) is 0 Å². The van der Waals surface area contributed by atoms with Crippen LogP contribution >= 0.6 is 0 Å². The molecule has 0 saturated carbocycles. The smallest absolute Gasteiger partial charge is 0.130 e. The SMILES string of the molecule is CC(=O)CC(C)Cc1ccc(C#Cc2ccc(OCc3ccoc3)cc2)cc1. The van der Waals surface area contributed by atoms with E-state index in [1.165, 1.54) is 5.56 Å². The number of hydrogen-bond acceptors (Lipinski definition) is 3. The van der Waals surface area contributed by atoms with Crippen LogP contribution in [0.15, 0.2) is 71.5 Å². The summed E-state index contributed by atoms with van der Waals surface area (Å²) >= 11 is 0. The maximum Gasteiger partial charge on any atom is 0.130 e. The lowest BCUT2D eigenvalue weighted by Crippen LogP contribution is -2.04. The second-order valence-electron chi connectivity index (χ2n) is 7.11. The quantitative estimate of drug-likeness (QED) is 0.520. The van der Waals surface area contributed by atoms with Gasteiger partial charge >= 0.3 is 0 Å². The minimum Gasteiger partial charge on any atom is -0.489 e. The van der Waals surface area contributed by atoms with E-state index in [-0.39, 0.29) is 5.78 Å². The van der Waals surface area contributed by atoms with E-state index < -0.39 is 0 Å². The number of ether oxygens (including phenoxy) is 1. The van der Waals surface area contributed by atoms with E-state index >= 15 is 0 Å². The van der Waals surface area contributed by atoms with Gasteiger partial charge < -0.3 is 13.9 Å². The van der Waals surface area contributed by atoms with Gasteiger partial charge in [-0.2, -0.15) is 0 Å². The van der Waals surface area contributed by atoms with Crippen LogP contribution in [-0.4, -0.2) is 5.78 Å². The molecule has 142 valence electrons. The van der Waals surface area contributed by atoms with Gasteiger partial charge in [-0.15, -0.1) is 0 Å². The highest BCUT2D eigenvalue weighted by atomic mass is 16.5. The van der Waals surface area contributed by atoms with Crippen LogP contribution < -0.4 is 4.74 Å². The first-order chi connectivity index (χ1) is 13.6. The monoisotopic (exact) mass is 372 g/mol. The van der Waals surface area contributed by atoms with Gasteiger partial charge in [0, 0.05) is 23.1 Å². The van der Waals surface area contributed by atoms with E-state index in [1.807, 2.05) is 42.5 Å². The molecule has 0 aliphatic carbocycles. The van der Waals surface area contributed by atoms with Gasteiger partial charge in [0.15, 0.2) is 0 Å². The normalized spacial score (nSPS) is 11.4. The summed E-state index contributed by atoms with van der Waals surface area (Å²) < 4.78 is 10.7. The molecule has 3 rings (SSSR count). The molecule has 2 aromatic carbocycles. The molecule has 0 saturated heterocycles. The maximum atomic E-state index is 11.2. The zero-order valence-corrected chi connectivity index (χ0v) is 16.3. The van der Waals surface area contributed by atoms with Crippen LogP contribution in [0.3, 0.4) is 0 Å². The third-order valence-electron chi connectivity index (χ3n) is 4.37. The number of furan rings is 1. The van der Waals surface area contributed by atoms with Gasteiger partial charge in [0.1, 0.15) is 18.1 Å². The molecule has 0 N–H and O–H groups in total. The molecule has 0 bridgehead atoms. The van der Waals surface area contributed by atoms with Gasteiger partial charge in [0.05, 0.1) is 12.5 Å². The minimum atomic E-state index is 0.243. The summed E-state index contributed by atoms with van der Waals surface area (Å²) in [7, 11) is 0. The molecule has 0 radical (unpaired) electrons. The van der Waals surface area contributed by atoms with Gasteiger partial charge in [0.2, 0.25) is 0 Å². The molecule has 1 atom stereocenters. The predicted octanol–water partition coefficient (Wildman–Crippen LogP) is 5.42. The molecular formula is C25H24O3. The van der Waals surface area contributed by atoms with Crippen molar-refractivity contribution in [1.29, 1.82) is 0 Å². The Labute approximate surface area is 166 Å². The van der Waals surface area contributed by atoms with E-state index in [2.05, 4.69) is 30.9 Å². The van der Waals surface area contributed by atoms with Crippen LogP contribution in [-0.2, 0) is 17.8 Å². The van der Waals surface area contributed by atoms with Crippen molar-refractivity contribution in [3.05, 3.63) is 89.4 Å². The third kappa shape index (κ3) is 6.17. The van der Waals surface area contributed by atoms with E-state index in [0.29, 0.717) is 18.9 Å². The Kier molecular flexibility index (Phi) is 6.70. The first kappa shape index (κ1) is 19.5. The summed E-state index contributed by atoms with van der Waals surface area (Å²) in [6, 6.07) is 17.9. The zero-order chi connectivity index (χ0) is 19.8. The molecule has 3 heteroatoms. The fourth-order valence-corrected chi connectivity index (χ4v) is 3.01. The summed E-state index contributed by atoms with van der Waals surface area (Å²) in [5.41, 5.74) is 4.15. The van der Waals surface area contributed by atoms with Crippen molar-refractivity contribution in [1.82, 2.24) is 0 Å². The number of Topliss-reactive ketones (excluding diaryl/α,β-unsaturated/α-hetero) is 1. The van der Waals surface area contributed by atoms with Crippen molar-refractivity contribution in [2.75, 3.05) is 0 Å². The van der Waals surface area contributed by atoms with Crippen molar-refractivity contribution in [2.24, 2.45) is 5.92 Å². The van der Waals surface area contributed by atoms with E-state index in [9.17, 15) is 4.79 Å². The van der Waals surface area contributed by atoms with Crippen molar-refractivity contribution in [3.63, 3.8) is 0 Å². The van der Waals surface area contributed by atoms with Gasteiger partial charge in [-0.3, -0.25) is 0 Å². The topological polar surface area (TPSA) is 39.4 Å². The highest BCUT2D eigenvalue weighted by Crippen LogP contribution is 2.15. The third-order valence-corrected chi connectivity index (χ3v) is 4.37. The van der Waals surface area contributed by atoms with Crippen molar-refractivity contribution < 1.29 is 13.9 Å². The molecule has 0 amide bonds. The lowest BCUT2D eigenvalue weighted by Gasteiger charge is -2.09. The molecule has 0 fully saturated rings. The maximum absolute atomic E-state index is 11.2. The predicted molar refractivity (Wildman–Crippen MR) is 110 cm³/mol. The van der Waals surface area contributed by atoms with Gasteiger partial charge in [0.25, 0.3) is 0 Å². The van der Waals surface area contributed by atoms with Gasteiger partial charge in [-0.1, -0.05) is 30.9 Å². The Morgan fingerprint density at radius 1 is 0.964 bits per heavy atom. The second-order valence-corrected chi connectivity index (χ2v) is 7.11. The van der Waals surface area contributed by atoms with Gasteiger partial charge in [-0.25, -0.2) is 0 Å². The number of hydrogen-bond donors (Lipinski definition) is 0. The summed E-state index contributed by atoms with van der Waals surface area (Å²) in [6.07, 6.45) is 4.85. The molecule has 1 aromatic heterocycles. The second kappa shape index (κ2) is 9.62. The molecule has 28 heavy (non-hydrogen) atoms. The molecular weight excluding hydrogens is 348 g/mol. The first-order valence-corrected chi connectivity index (χ1v) is 9.43. The van der Waals surface area contributed by atoms with Crippen LogP contribution in [0.25, 0.3) is 0 Å². The zero-order valence-electron chi connectivity index (χ0n) is 16.3. The average molecular weight is 372 g/mol. The number of rotatable bonds is 7. The molecule has 0 aliphatic rings. The molecule has 3 nitrogen and oxygen atoms in total. The Bertz CT molecular complexity index is 940.